The summed E-state index contributed by atoms with van der Waals surface area (Å²) in [5.41, 5.74) is 0. The number of hydrogen-bond donors (Lipinski definition) is 0. The van der Waals surface area contributed by atoms with E-state index in [0.717, 1.165) is 12.8 Å². The van der Waals surface area contributed by atoms with E-state index in [9.17, 15) is 9.90 Å². The molecule has 0 saturated heterocycles. The van der Waals surface area contributed by atoms with Crippen LogP contribution in [0.25, 0.3) is 0 Å². The number of unbranched alkanes of at least 4 members (excludes halogenated alkanes) is 12. The van der Waals surface area contributed by atoms with E-state index in [1.165, 1.54) is 70.6 Å². The third-order valence-corrected chi connectivity index (χ3v) is 3.48. The first-order valence-electron chi connectivity index (χ1n) is 7.97. The standard InChI is InChI=1S/C16H32O2.Al.2H2O/c1-2-3-4-5-6-7-8-9-10-11-12-13-14-15-16(17)18;;;/h2-15H2,1H3,(H,17,18);;2*1H2/q;+3;;/p-3. The monoisotopic (exact) mass is 316 g/mol. The van der Waals surface area contributed by atoms with Crippen molar-refractivity contribution in [3.63, 3.8) is 0 Å². The first-order valence-corrected chi connectivity index (χ1v) is 7.97. The van der Waals surface area contributed by atoms with Gasteiger partial charge in [-0.25, -0.2) is 0 Å². The van der Waals surface area contributed by atoms with Gasteiger partial charge in [0.1, 0.15) is 0 Å². The van der Waals surface area contributed by atoms with Crippen LogP contribution in [0.1, 0.15) is 96.8 Å². The van der Waals surface area contributed by atoms with Gasteiger partial charge in [0.05, 0.1) is 0 Å². The molecule has 0 unspecified atom stereocenters. The number of carboxylic acids is 1. The SMILES string of the molecule is CCCCCCCCCCCCCCCC(=O)[O-].[Al+3].[OH-].[OH-]. The molecule has 0 saturated carbocycles. The normalized spacial score (nSPS) is 9.19. The number of carbonyl (C=O) groups excluding carboxylic acids is 1. The molecule has 0 aliphatic rings. The van der Waals surface area contributed by atoms with Gasteiger partial charge in [-0.05, 0) is 12.8 Å². The van der Waals surface area contributed by atoms with Crippen LogP contribution < -0.4 is 5.11 Å². The van der Waals surface area contributed by atoms with E-state index >= 15 is 0 Å². The topological polar surface area (TPSA) is 100 Å². The number of rotatable bonds is 14. The third kappa shape index (κ3) is 28.7. The van der Waals surface area contributed by atoms with Crippen LogP contribution in [0.2, 0.25) is 0 Å². The summed E-state index contributed by atoms with van der Waals surface area (Å²) in [6.45, 7) is 2.26. The van der Waals surface area contributed by atoms with E-state index in [0.29, 0.717) is 0 Å². The van der Waals surface area contributed by atoms with Crippen molar-refractivity contribution in [1.82, 2.24) is 0 Å². The molecule has 2 N–H and O–H groups in total. The Balaban J connectivity index is -0.000000482. The maximum Gasteiger partial charge on any atom is 3.00 e. The van der Waals surface area contributed by atoms with Crippen molar-refractivity contribution in [3.8, 4) is 0 Å². The predicted molar refractivity (Wildman–Crippen MR) is 84.9 cm³/mol. The van der Waals surface area contributed by atoms with E-state index < -0.39 is 5.97 Å². The van der Waals surface area contributed by atoms with Crippen LogP contribution in [0.5, 0.6) is 0 Å². The summed E-state index contributed by atoms with van der Waals surface area (Å²) in [5.74, 6) is -0.905. The zero-order valence-electron chi connectivity index (χ0n) is 13.7. The van der Waals surface area contributed by atoms with E-state index in [-0.39, 0.29) is 34.7 Å². The zero-order chi connectivity index (χ0) is 13.5. The van der Waals surface area contributed by atoms with Gasteiger partial charge in [0.25, 0.3) is 0 Å². The molecular weight excluding hydrogens is 283 g/mol. The van der Waals surface area contributed by atoms with Gasteiger partial charge in [0.15, 0.2) is 0 Å². The molecule has 21 heavy (non-hydrogen) atoms. The Kier molecular flexibility index (Phi) is 34.4. The minimum absolute atomic E-state index is 0. The van der Waals surface area contributed by atoms with Crippen LogP contribution in [0.4, 0.5) is 0 Å². The second-order valence-corrected chi connectivity index (χ2v) is 5.36. The summed E-state index contributed by atoms with van der Waals surface area (Å²) in [6, 6.07) is 0. The molecule has 0 aromatic heterocycles. The summed E-state index contributed by atoms with van der Waals surface area (Å²) >= 11 is 0. The second kappa shape index (κ2) is 24.9. The van der Waals surface area contributed by atoms with Crippen LogP contribution in [0.3, 0.4) is 0 Å². The van der Waals surface area contributed by atoms with Gasteiger partial charge in [0.2, 0.25) is 0 Å². The van der Waals surface area contributed by atoms with E-state index in [4.69, 9.17) is 0 Å². The van der Waals surface area contributed by atoms with Crippen molar-refractivity contribution in [2.75, 3.05) is 0 Å². The first-order chi connectivity index (χ1) is 8.77. The molecule has 0 amide bonds. The van der Waals surface area contributed by atoms with Gasteiger partial charge in [0, 0.05) is 5.97 Å². The molecule has 0 bridgehead atoms. The van der Waals surface area contributed by atoms with Gasteiger partial charge in [-0.3, -0.25) is 0 Å². The Morgan fingerprint density at radius 1 is 0.667 bits per heavy atom. The molecule has 4 nitrogen and oxygen atoms in total. The largest absolute Gasteiger partial charge is 3.00 e. The molecule has 0 aromatic rings. The smallest absolute Gasteiger partial charge is 0.870 e. The van der Waals surface area contributed by atoms with Crippen molar-refractivity contribution in [2.45, 2.75) is 96.8 Å². The fourth-order valence-corrected chi connectivity index (χ4v) is 2.29. The van der Waals surface area contributed by atoms with Gasteiger partial charge in [-0.1, -0.05) is 84.0 Å². The molecule has 124 valence electrons. The number of aliphatic carboxylic acids is 1. The van der Waals surface area contributed by atoms with Gasteiger partial charge in [-0.15, -0.1) is 0 Å². The van der Waals surface area contributed by atoms with Crippen molar-refractivity contribution >= 4 is 23.3 Å². The van der Waals surface area contributed by atoms with Gasteiger partial charge >= 0.3 is 17.4 Å². The Hall–Kier alpha value is -0.0775. The van der Waals surface area contributed by atoms with Crippen LogP contribution in [-0.4, -0.2) is 34.3 Å². The summed E-state index contributed by atoms with van der Waals surface area (Å²) < 4.78 is 0. The second-order valence-electron chi connectivity index (χ2n) is 5.36. The maximum atomic E-state index is 10.2. The van der Waals surface area contributed by atoms with Crippen molar-refractivity contribution in [3.05, 3.63) is 0 Å². The number of hydrogen-bond acceptors (Lipinski definition) is 4. The molecule has 0 heterocycles. The fraction of sp³-hybridized carbons (Fsp3) is 0.938. The molecule has 0 atom stereocenters. The predicted octanol–water partition coefficient (Wildman–Crippen LogP) is 3.48. The van der Waals surface area contributed by atoms with Crippen LogP contribution >= 0.6 is 0 Å². The Morgan fingerprint density at radius 2 is 0.952 bits per heavy atom. The summed E-state index contributed by atoms with van der Waals surface area (Å²) in [5, 5.41) is 10.2. The van der Waals surface area contributed by atoms with Gasteiger partial charge < -0.3 is 20.9 Å². The zero-order valence-corrected chi connectivity index (χ0v) is 14.8. The van der Waals surface area contributed by atoms with Crippen molar-refractivity contribution in [2.24, 2.45) is 0 Å². The van der Waals surface area contributed by atoms with Crippen LogP contribution in [-0.2, 0) is 4.79 Å². The van der Waals surface area contributed by atoms with Crippen molar-refractivity contribution in [1.29, 1.82) is 0 Å². The Labute approximate surface area is 141 Å². The van der Waals surface area contributed by atoms with Crippen molar-refractivity contribution < 1.29 is 20.9 Å². The molecular formula is C16H33AlO4. The Bertz CT molecular complexity index is 189. The number of carboxylic acid groups (broad SMARTS) is 1. The summed E-state index contributed by atoms with van der Waals surface area (Å²) in [4.78, 5) is 10.2. The average Bonchev–Trinajstić information content (AvgIpc) is 2.34. The van der Waals surface area contributed by atoms with E-state index in [1.54, 1.807) is 0 Å². The van der Waals surface area contributed by atoms with E-state index in [2.05, 4.69) is 6.92 Å². The summed E-state index contributed by atoms with van der Waals surface area (Å²) in [6.07, 6.45) is 16.9. The quantitative estimate of drug-likeness (QED) is 0.361. The molecule has 0 aromatic carbocycles. The number of carbonyl (C=O) groups is 1. The van der Waals surface area contributed by atoms with E-state index in [1.807, 2.05) is 0 Å². The van der Waals surface area contributed by atoms with Crippen LogP contribution in [0.15, 0.2) is 0 Å². The minimum Gasteiger partial charge on any atom is -0.870 e. The molecule has 0 aliphatic heterocycles. The Morgan fingerprint density at radius 3 is 1.24 bits per heavy atom. The molecule has 0 radical (unpaired) electrons. The maximum absolute atomic E-state index is 10.2. The van der Waals surface area contributed by atoms with Crippen LogP contribution in [0, 0.1) is 0 Å². The average molecular weight is 316 g/mol. The molecule has 5 heteroatoms. The molecule has 0 spiro atoms. The van der Waals surface area contributed by atoms with Gasteiger partial charge in [-0.2, -0.15) is 0 Å². The molecule has 0 aliphatic carbocycles. The summed E-state index contributed by atoms with van der Waals surface area (Å²) in [7, 11) is 0. The molecule has 0 fully saturated rings. The molecule has 0 rings (SSSR count). The first kappa shape index (κ1) is 29.0. The third-order valence-electron chi connectivity index (χ3n) is 3.48. The fourth-order valence-electron chi connectivity index (χ4n) is 2.29. The minimum atomic E-state index is -0.905.